The second kappa shape index (κ2) is 5.81. The van der Waals surface area contributed by atoms with Gasteiger partial charge in [0, 0.05) is 23.2 Å². The lowest BCUT2D eigenvalue weighted by Gasteiger charge is -2.19. The summed E-state index contributed by atoms with van der Waals surface area (Å²) in [4.78, 5) is -0.424. The first-order valence-corrected chi connectivity index (χ1v) is 7.43. The van der Waals surface area contributed by atoms with Gasteiger partial charge in [-0.3, -0.25) is 0 Å². The Balaban J connectivity index is 3.36. The van der Waals surface area contributed by atoms with Gasteiger partial charge in [0.05, 0.1) is 0 Å². The number of nitrogens with zero attached hydrogens (tertiary/aromatic N) is 1. The van der Waals surface area contributed by atoms with Crippen LogP contribution in [-0.2, 0) is 10.0 Å². The molecule has 0 saturated heterocycles. The summed E-state index contributed by atoms with van der Waals surface area (Å²) in [6, 6.07) is 2.16. The highest BCUT2D eigenvalue weighted by molar-refractivity contribution is 9.10. The van der Waals surface area contributed by atoms with Crippen molar-refractivity contribution in [2.75, 3.05) is 18.8 Å². The number of likely N-dealkylation sites (N-methyl/N-ethyl adjacent to an activating group) is 1. The van der Waals surface area contributed by atoms with Crippen LogP contribution in [0.2, 0.25) is 0 Å². The van der Waals surface area contributed by atoms with Crippen molar-refractivity contribution < 1.29 is 12.8 Å². The first-order valence-electron chi connectivity index (χ1n) is 5.20. The lowest BCUT2D eigenvalue weighted by Crippen LogP contribution is -2.31. The molecule has 1 aromatic rings. The lowest BCUT2D eigenvalue weighted by molar-refractivity contribution is 0.453. The minimum atomic E-state index is -3.90. The fourth-order valence-electron chi connectivity index (χ4n) is 1.42. The molecule has 0 saturated carbocycles. The van der Waals surface area contributed by atoms with Crippen molar-refractivity contribution in [1.29, 1.82) is 0 Å². The van der Waals surface area contributed by atoms with Crippen LogP contribution in [0.15, 0.2) is 34.2 Å². The van der Waals surface area contributed by atoms with Crippen LogP contribution in [0.1, 0.15) is 6.92 Å². The van der Waals surface area contributed by atoms with Gasteiger partial charge in [-0.2, -0.15) is 4.31 Å². The Kier molecular flexibility index (Phi) is 4.89. The van der Waals surface area contributed by atoms with E-state index in [-0.39, 0.29) is 18.8 Å². The van der Waals surface area contributed by atoms with E-state index in [1.807, 2.05) is 0 Å². The highest BCUT2D eigenvalue weighted by atomic mass is 79.9. The van der Waals surface area contributed by atoms with Crippen molar-refractivity contribution in [2.45, 2.75) is 11.8 Å². The topological polar surface area (TPSA) is 63.4 Å². The van der Waals surface area contributed by atoms with Crippen molar-refractivity contribution in [2.24, 2.45) is 0 Å². The number of hydrogen-bond donors (Lipinski definition) is 1. The third-order valence-electron chi connectivity index (χ3n) is 2.35. The van der Waals surface area contributed by atoms with Gasteiger partial charge in [-0.25, -0.2) is 12.8 Å². The van der Waals surface area contributed by atoms with E-state index in [0.29, 0.717) is 4.47 Å². The van der Waals surface area contributed by atoms with Gasteiger partial charge < -0.3 is 5.73 Å². The summed E-state index contributed by atoms with van der Waals surface area (Å²) in [5, 5.41) is 0. The minimum Gasteiger partial charge on any atom is -0.398 e. The SMILES string of the molecule is C=CCN(CC)S(=O)(=O)c1cc(N)c(Br)cc1F. The first kappa shape index (κ1) is 15.1. The average molecular weight is 337 g/mol. The van der Waals surface area contributed by atoms with Gasteiger partial charge in [0.15, 0.2) is 0 Å². The Morgan fingerprint density at radius 1 is 1.56 bits per heavy atom. The number of benzene rings is 1. The molecule has 4 nitrogen and oxygen atoms in total. The molecule has 100 valence electrons. The molecule has 1 aromatic carbocycles. The normalized spacial score (nSPS) is 11.8. The summed E-state index contributed by atoms with van der Waals surface area (Å²) in [6.07, 6.45) is 1.45. The van der Waals surface area contributed by atoms with Crippen LogP contribution in [-0.4, -0.2) is 25.8 Å². The Hall–Kier alpha value is -0.920. The zero-order chi connectivity index (χ0) is 13.9. The Labute approximate surface area is 114 Å². The van der Waals surface area contributed by atoms with Crippen LogP contribution in [0, 0.1) is 5.82 Å². The summed E-state index contributed by atoms with van der Waals surface area (Å²) in [7, 11) is -3.90. The van der Waals surface area contributed by atoms with Gasteiger partial charge in [0.2, 0.25) is 10.0 Å². The molecule has 1 rings (SSSR count). The zero-order valence-corrected chi connectivity index (χ0v) is 12.3. The molecule has 0 aliphatic rings. The van der Waals surface area contributed by atoms with Gasteiger partial charge in [-0.15, -0.1) is 6.58 Å². The maximum atomic E-state index is 13.7. The fraction of sp³-hybridized carbons (Fsp3) is 0.273. The van der Waals surface area contributed by atoms with Crippen LogP contribution in [0.25, 0.3) is 0 Å². The van der Waals surface area contributed by atoms with Crippen molar-refractivity contribution in [1.82, 2.24) is 4.31 Å². The van der Waals surface area contributed by atoms with E-state index in [0.717, 1.165) is 16.4 Å². The molecule has 0 fully saturated rings. The summed E-state index contributed by atoms with van der Waals surface area (Å²) < 4.78 is 39.6. The predicted molar refractivity (Wildman–Crippen MR) is 73.1 cm³/mol. The van der Waals surface area contributed by atoms with Crippen molar-refractivity contribution >= 4 is 31.6 Å². The first-order chi connectivity index (χ1) is 8.34. The molecular weight excluding hydrogens is 323 g/mol. The van der Waals surface area contributed by atoms with Crippen molar-refractivity contribution in [3.8, 4) is 0 Å². The van der Waals surface area contributed by atoms with Gasteiger partial charge in [-0.1, -0.05) is 13.0 Å². The highest BCUT2D eigenvalue weighted by Gasteiger charge is 2.26. The molecule has 0 atom stereocenters. The van der Waals surface area contributed by atoms with E-state index in [1.165, 1.54) is 6.08 Å². The predicted octanol–water partition coefficient (Wildman–Crippen LogP) is 2.37. The quantitative estimate of drug-likeness (QED) is 0.663. The minimum absolute atomic E-state index is 0.119. The summed E-state index contributed by atoms with van der Waals surface area (Å²) in [5.74, 6) is -0.835. The maximum absolute atomic E-state index is 13.7. The van der Waals surface area contributed by atoms with Crippen LogP contribution >= 0.6 is 15.9 Å². The smallest absolute Gasteiger partial charge is 0.246 e. The Morgan fingerprint density at radius 2 is 2.17 bits per heavy atom. The third kappa shape index (κ3) is 2.90. The summed E-state index contributed by atoms with van der Waals surface area (Å²) in [5.41, 5.74) is 5.76. The number of nitrogen functional groups attached to an aromatic ring is 1. The molecule has 0 unspecified atom stereocenters. The van der Waals surface area contributed by atoms with Crippen LogP contribution < -0.4 is 5.73 Å². The lowest BCUT2D eigenvalue weighted by atomic mass is 10.3. The van der Waals surface area contributed by atoms with Gasteiger partial charge in [0.25, 0.3) is 0 Å². The molecule has 0 bridgehead atoms. The average Bonchev–Trinajstić information content (AvgIpc) is 2.30. The van der Waals surface area contributed by atoms with E-state index in [2.05, 4.69) is 22.5 Å². The van der Waals surface area contributed by atoms with Crippen molar-refractivity contribution in [3.63, 3.8) is 0 Å². The molecule has 18 heavy (non-hydrogen) atoms. The molecule has 0 amide bonds. The van der Waals surface area contributed by atoms with Crippen LogP contribution in [0.3, 0.4) is 0 Å². The van der Waals surface area contributed by atoms with Gasteiger partial charge in [-0.05, 0) is 28.1 Å². The number of rotatable bonds is 5. The zero-order valence-electron chi connectivity index (χ0n) is 9.86. The fourth-order valence-corrected chi connectivity index (χ4v) is 3.24. The van der Waals surface area contributed by atoms with E-state index < -0.39 is 20.7 Å². The molecule has 0 heterocycles. The van der Waals surface area contributed by atoms with E-state index >= 15 is 0 Å². The molecule has 0 aromatic heterocycles. The molecular formula is C11H14BrFN2O2S. The van der Waals surface area contributed by atoms with E-state index in [1.54, 1.807) is 6.92 Å². The van der Waals surface area contributed by atoms with Gasteiger partial charge in [0.1, 0.15) is 10.7 Å². The van der Waals surface area contributed by atoms with Crippen molar-refractivity contribution in [3.05, 3.63) is 35.1 Å². The highest BCUT2D eigenvalue weighted by Crippen LogP contribution is 2.27. The largest absolute Gasteiger partial charge is 0.398 e. The maximum Gasteiger partial charge on any atom is 0.246 e. The molecule has 0 aliphatic carbocycles. The Bertz CT molecular complexity index is 560. The second-order valence-corrected chi connectivity index (χ2v) is 6.31. The van der Waals surface area contributed by atoms with E-state index in [9.17, 15) is 12.8 Å². The van der Waals surface area contributed by atoms with E-state index in [4.69, 9.17) is 5.73 Å². The molecule has 2 N–H and O–H groups in total. The van der Waals surface area contributed by atoms with Gasteiger partial charge >= 0.3 is 0 Å². The summed E-state index contributed by atoms with van der Waals surface area (Å²) >= 11 is 3.04. The summed E-state index contributed by atoms with van der Waals surface area (Å²) in [6.45, 7) is 5.49. The number of nitrogens with two attached hydrogens (primary N) is 1. The van der Waals surface area contributed by atoms with Crippen LogP contribution in [0.4, 0.5) is 10.1 Å². The molecule has 7 heteroatoms. The molecule has 0 aliphatic heterocycles. The standard InChI is InChI=1S/C11H14BrFN2O2S/c1-3-5-15(4-2)18(16,17)11-7-10(14)8(12)6-9(11)13/h3,6-7H,1,4-5,14H2,2H3. The second-order valence-electron chi connectivity index (χ2n) is 3.55. The third-order valence-corrected chi connectivity index (χ3v) is 5.00. The number of anilines is 1. The number of hydrogen-bond acceptors (Lipinski definition) is 3. The van der Waals surface area contributed by atoms with Crippen LogP contribution in [0.5, 0.6) is 0 Å². The number of halogens is 2. The monoisotopic (exact) mass is 336 g/mol. The Morgan fingerprint density at radius 3 is 2.67 bits per heavy atom. The number of sulfonamides is 1. The molecule has 0 spiro atoms. The molecule has 0 radical (unpaired) electrons.